The third kappa shape index (κ3) is 2.12. The van der Waals surface area contributed by atoms with Crippen molar-refractivity contribution in [1.82, 2.24) is 0 Å². The summed E-state index contributed by atoms with van der Waals surface area (Å²) >= 11 is 0. The number of rotatable bonds is 1. The molecule has 0 spiro atoms. The minimum Gasteiger partial charge on any atom is -0.508 e. The predicted molar refractivity (Wildman–Crippen MR) is 71.0 cm³/mol. The SMILES string of the molecule is Oc1ccc2c(c1)O[C@H](c1ccc(O)c(O)c1)[C@@H](O)C2. The molecule has 1 aliphatic heterocycles. The van der Waals surface area contributed by atoms with Crippen LogP contribution in [0.15, 0.2) is 36.4 Å². The highest BCUT2D eigenvalue weighted by atomic mass is 16.5. The summed E-state index contributed by atoms with van der Waals surface area (Å²) in [5, 5.41) is 38.5. The van der Waals surface area contributed by atoms with Crippen LogP contribution in [0.2, 0.25) is 0 Å². The second-order valence-electron chi connectivity index (χ2n) is 4.85. The van der Waals surface area contributed by atoms with Gasteiger partial charge >= 0.3 is 0 Å². The first kappa shape index (κ1) is 12.6. The molecule has 0 radical (unpaired) electrons. The first-order chi connectivity index (χ1) is 9.54. The van der Waals surface area contributed by atoms with Gasteiger partial charge in [-0.05, 0) is 29.3 Å². The predicted octanol–water partition coefficient (Wildman–Crippen LogP) is 1.84. The lowest BCUT2D eigenvalue weighted by molar-refractivity contribution is 0.0205. The number of benzene rings is 2. The van der Waals surface area contributed by atoms with Crippen LogP contribution in [-0.4, -0.2) is 26.5 Å². The molecule has 20 heavy (non-hydrogen) atoms. The number of aliphatic hydroxyl groups excluding tert-OH is 1. The van der Waals surface area contributed by atoms with Gasteiger partial charge in [0.1, 0.15) is 17.6 Å². The van der Waals surface area contributed by atoms with E-state index in [4.69, 9.17) is 4.74 Å². The lowest BCUT2D eigenvalue weighted by atomic mass is 9.94. The molecule has 0 saturated carbocycles. The fourth-order valence-corrected chi connectivity index (χ4v) is 2.38. The van der Waals surface area contributed by atoms with E-state index in [1.54, 1.807) is 18.2 Å². The van der Waals surface area contributed by atoms with Gasteiger partial charge < -0.3 is 25.2 Å². The van der Waals surface area contributed by atoms with Crippen LogP contribution in [0.1, 0.15) is 17.2 Å². The Morgan fingerprint density at radius 2 is 1.75 bits per heavy atom. The number of aliphatic hydroxyl groups is 1. The summed E-state index contributed by atoms with van der Waals surface area (Å²) in [6.45, 7) is 0. The van der Waals surface area contributed by atoms with Crippen LogP contribution in [0.25, 0.3) is 0 Å². The van der Waals surface area contributed by atoms with Gasteiger partial charge in [-0.1, -0.05) is 12.1 Å². The second kappa shape index (κ2) is 4.61. The van der Waals surface area contributed by atoms with E-state index in [1.165, 1.54) is 18.2 Å². The van der Waals surface area contributed by atoms with Gasteiger partial charge in [-0.2, -0.15) is 0 Å². The van der Waals surface area contributed by atoms with Crippen molar-refractivity contribution in [3.63, 3.8) is 0 Å². The van der Waals surface area contributed by atoms with E-state index in [1.807, 2.05) is 0 Å². The Balaban J connectivity index is 1.97. The molecule has 3 rings (SSSR count). The maximum atomic E-state index is 10.2. The van der Waals surface area contributed by atoms with Gasteiger partial charge in [0.15, 0.2) is 11.5 Å². The van der Waals surface area contributed by atoms with Crippen molar-refractivity contribution in [1.29, 1.82) is 0 Å². The van der Waals surface area contributed by atoms with Crippen LogP contribution in [0.4, 0.5) is 0 Å². The van der Waals surface area contributed by atoms with Crippen LogP contribution in [0.3, 0.4) is 0 Å². The van der Waals surface area contributed by atoms with Gasteiger partial charge in [0.25, 0.3) is 0 Å². The molecule has 0 aromatic heterocycles. The maximum absolute atomic E-state index is 10.2. The molecule has 5 nitrogen and oxygen atoms in total. The summed E-state index contributed by atoms with van der Waals surface area (Å²) < 4.78 is 5.70. The van der Waals surface area contributed by atoms with Gasteiger partial charge in [0, 0.05) is 12.5 Å². The van der Waals surface area contributed by atoms with E-state index in [0.717, 1.165) is 5.56 Å². The maximum Gasteiger partial charge on any atom is 0.157 e. The average Bonchev–Trinajstić information content (AvgIpc) is 2.42. The highest BCUT2D eigenvalue weighted by molar-refractivity contribution is 5.45. The average molecular weight is 274 g/mol. The Bertz CT molecular complexity index is 653. The quantitative estimate of drug-likeness (QED) is 0.596. The molecular weight excluding hydrogens is 260 g/mol. The molecule has 0 bridgehead atoms. The molecule has 2 aromatic carbocycles. The molecule has 104 valence electrons. The van der Waals surface area contributed by atoms with E-state index >= 15 is 0 Å². The Morgan fingerprint density at radius 1 is 0.950 bits per heavy atom. The van der Waals surface area contributed by atoms with Crippen molar-refractivity contribution in [2.45, 2.75) is 18.6 Å². The van der Waals surface area contributed by atoms with E-state index in [2.05, 4.69) is 0 Å². The Labute approximate surface area is 115 Å². The minimum absolute atomic E-state index is 0.0902. The summed E-state index contributed by atoms with van der Waals surface area (Å²) in [5.41, 5.74) is 1.37. The van der Waals surface area contributed by atoms with Crippen molar-refractivity contribution in [2.75, 3.05) is 0 Å². The Kier molecular flexibility index (Phi) is 2.91. The molecule has 1 heterocycles. The third-order valence-electron chi connectivity index (χ3n) is 3.41. The molecule has 2 atom stereocenters. The minimum atomic E-state index is -0.768. The molecule has 0 unspecified atom stereocenters. The highest BCUT2D eigenvalue weighted by Gasteiger charge is 2.30. The van der Waals surface area contributed by atoms with E-state index in [-0.39, 0.29) is 17.2 Å². The van der Waals surface area contributed by atoms with Crippen LogP contribution in [0, 0.1) is 0 Å². The standard InChI is InChI=1S/C15H14O5/c16-10-3-1-8-5-13(19)15(20-14(8)7-10)9-2-4-11(17)12(18)6-9/h1-4,6-7,13,15-19H,5H2/t13-,15+/m0/s1. The molecule has 4 N–H and O–H groups in total. The van der Waals surface area contributed by atoms with E-state index in [0.29, 0.717) is 17.7 Å². The lowest BCUT2D eigenvalue weighted by Crippen LogP contribution is -2.30. The molecule has 0 fully saturated rings. The zero-order valence-corrected chi connectivity index (χ0v) is 10.5. The van der Waals surface area contributed by atoms with Crippen molar-refractivity contribution in [3.8, 4) is 23.0 Å². The number of fused-ring (bicyclic) bond motifs is 1. The van der Waals surface area contributed by atoms with Crippen molar-refractivity contribution in [2.24, 2.45) is 0 Å². The topological polar surface area (TPSA) is 90.2 Å². The summed E-state index contributed by atoms with van der Waals surface area (Å²) in [4.78, 5) is 0. The normalized spacial score (nSPS) is 21.1. The molecule has 2 aromatic rings. The van der Waals surface area contributed by atoms with Gasteiger partial charge in [0.2, 0.25) is 0 Å². The van der Waals surface area contributed by atoms with Crippen molar-refractivity contribution in [3.05, 3.63) is 47.5 Å². The molecule has 5 heteroatoms. The number of aromatic hydroxyl groups is 3. The van der Waals surface area contributed by atoms with Crippen LogP contribution >= 0.6 is 0 Å². The zero-order valence-electron chi connectivity index (χ0n) is 10.5. The number of ether oxygens (including phenoxy) is 1. The number of phenols is 3. The van der Waals surface area contributed by atoms with E-state index in [9.17, 15) is 20.4 Å². The molecule has 0 amide bonds. The highest BCUT2D eigenvalue weighted by Crippen LogP contribution is 2.38. The smallest absolute Gasteiger partial charge is 0.157 e. The molecule has 0 saturated heterocycles. The number of hydrogen-bond acceptors (Lipinski definition) is 5. The number of phenolic OH excluding ortho intramolecular Hbond substituents is 3. The molecular formula is C15H14O5. The Morgan fingerprint density at radius 3 is 2.50 bits per heavy atom. The van der Waals surface area contributed by atoms with Crippen molar-refractivity contribution < 1.29 is 25.2 Å². The van der Waals surface area contributed by atoms with Gasteiger partial charge in [-0.15, -0.1) is 0 Å². The van der Waals surface area contributed by atoms with Gasteiger partial charge in [0.05, 0.1) is 6.10 Å². The fourth-order valence-electron chi connectivity index (χ4n) is 2.38. The fraction of sp³-hybridized carbons (Fsp3) is 0.200. The number of hydrogen-bond donors (Lipinski definition) is 4. The summed E-state index contributed by atoms with van der Waals surface area (Å²) in [6.07, 6.45) is -1.03. The molecule has 0 aliphatic carbocycles. The summed E-state index contributed by atoms with van der Waals surface area (Å²) in [5.74, 6) is 0.109. The van der Waals surface area contributed by atoms with Gasteiger partial charge in [-0.3, -0.25) is 0 Å². The third-order valence-corrected chi connectivity index (χ3v) is 3.41. The van der Waals surface area contributed by atoms with Crippen LogP contribution in [-0.2, 0) is 6.42 Å². The lowest BCUT2D eigenvalue weighted by Gasteiger charge is -2.31. The molecule has 1 aliphatic rings. The summed E-state index contributed by atoms with van der Waals surface area (Å²) in [7, 11) is 0. The van der Waals surface area contributed by atoms with E-state index < -0.39 is 12.2 Å². The zero-order chi connectivity index (χ0) is 14.3. The Hall–Kier alpha value is -2.40. The van der Waals surface area contributed by atoms with Gasteiger partial charge in [-0.25, -0.2) is 0 Å². The second-order valence-corrected chi connectivity index (χ2v) is 4.85. The summed E-state index contributed by atoms with van der Waals surface area (Å²) in [6, 6.07) is 9.03. The largest absolute Gasteiger partial charge is 0.508 e. The first-order valence-corrected chi connectivity index (χ1v) is 6.23. The van der Waals surface area contributed by atoms with Crippen LogP contribution in [0.5, 0.6) is 23.0 Å². The monoisotopic (exact) mass is 274 g/mol. The van der Waals surface area contributed by atoms with Crippen LogP contribution < -0.4 is 4.74 Å². The van der Waals surface area contributed by atoms with Crippen molar-refractivity contribution >= 4 is 0 Å². The first-order valence-electron chi connectivity index (χ1n) is 6.23.